The van der Waals surface area contributed by atoms with Crippen molar-refractivity contribution >= 4 is 34.9 Å². The average Bonchev–Trinajstić information content (AvgIpc) is 2.71. The van der Waals surface area contributed by atoms with Crippen LogP contribution in [0.5, 0.6) is 0 Å². The van der Waals surface area contributed by atoms with Crippen molar-refractivity contribution in [2.45, 2.75) is 40.5 Å². The Morgan fingerprint density at radius 2 is 1.97 bits per heavy atom. The van der Waals surface area contributed by atoms with Crippen LogP contribution in [0.15, 0.2) is 18.2 Å². The number of aliphatic hydroxyl groups is 1. The van der Waals surface area contributed by atoms with Gasteiger partial charge in [0.15, 0.2) is 0 Å². The van der Waals surface area contributed by atoms with Crippen LogP contribution in [0.2, 0.25) is 0 Å². The molecule has 2 heterocycles. The van der Waals surface area contributed by atoms with Gasteiger partial charge in [0.25, 0.3) is 0 Å². The molecule has 6 N–H and O–H groups in total. The highest BCUT2D eigenvalue weighted by molar-refractivity contribution is 6.02. The number of anilines is 4. The number of urea groups is 1. The summed E-state index contributed by atoms with van der Waals surface area (Å²) in [7, 11) is 1.74. The maximum absolute atomic E-state index is 12.7. The maximum atomic E-state index is 12.7. The van der Waals surface area contributed by atoms with E-state index in [0.29, 0.717) is 28.9 Å². The van der Waals surface area contributed by atoms with Crippen LogP contribution in [0, 0.1) is 12.3 Å². The number of carbonyl (C=O) groups excluding carboxylic acids is 1. The molecular weight excluding hydrogens is 408 g/mol. The van der Waals surface area contributed by atoms with E-state index in [4.69, 9.17) is 5.41 Å². The Hall–Kier alpha value is -3.40. The van der Waals surface area contributed by atoms with E-state index in [9.17, 15) is 9.90 Å². The zero-order chi connectivity index (χ0) is 23.8. The molecule has 0 atom stereocenters. The smallest absolute Gasteiger partial charge is 0.338 e. The third-order valence-corrected chi connectivity index (χ3v) is 4.68. The van der Waals surface area contributed by atoms with Crippen molar-refractivity contribution in [3.8, 4) is 0 Å². The van der Waals surface area contributed by atoms with E-state index in [1.165, 1.54) is 5.01 Å². The highest BCUT2D eigenvalue weighted by Gasteiger charge is 2.20. The molecular formula is C22H34N8O2. The number of hydrogen-bond donors (Lipinski definition) is 6. The first-order valence-electron chi connectivity index (χ1n) is 10.7. The van der Waals surface area contributed by atoms with Crippen molar-refractivity contribution in [1.29, 1.82) is 5.41 Å². The summed E-state index contributed by atoms with van der Waals surface area (Å²) >= 11 is 0. The molecule has 0 saturated heterocycles. The second kappa shape index (κ2) is 11.3. The van der Waals surface area contributed by atoms with Gasteiger partial charge in [-0.2, -0.15) is 0 Å². The minimum atomic E-state index is -0.474. The number of nitrogens with zero attached hydrogens (tertiary/aromatic N) is 3. The van der Waals surface area contributed by atoms with Gasteiger partial charge in [-0.15, -0.1) is 0 Å². The monoisotopic (exact) mass is 442 g/mol. The summed E-state index contributed by atoms with van der Waals surface area (Å²) in [6.45, 7) is 10.3. The van der Waals surface area contributed by atoms with Crippen molar-refractivity contribution in [2.24, 2.45) is 0 Å². The molecule has 0 saturated carbocycles. The van der Waals surface area contributed by atoms with E-state index in [-0.39, 0.29) is 19.1 Å². The average molecular weight is 443 g/mol. The van der Waals surface area contributed by atoms with Crippen molar-refractivity contribution in [1.82, 2.24) is 15.4 Å². The molecule has 0 aliphatic rings. The highest BCUT2D eigenvalue weighted by Crippen LogP contribution is 2.29. The first-order chi connectivity index (χ1) is 15.2. The Balaban J connectivity index is 2.33. The lowest BCUT2D eigenvalue weighted by atomic mass is 9.95. The Bertz CT molecular complexity index is 961. The Morgan fingerprint density at radius 1 is 1.25 bits per heavy atom. The van der Waals surface area contributed by atoms with Gasteiger partial charge >= 0.3 is 6.03 Å². The normalized spacial score (nSPS) is 10.6. The van der Waals surface area contributed by atoms with Gasteiger partial charge in [0.1, 0.15) is 17.5 Å². The van der Waals surface area contributed by atoms with Crippen LogP contribution in [0.3, 0.4) is 0 Å². The Morgan fingerprint density at radius 3 is 2.53 bits per heavy atom. The lowest BCUT2D eigenvalue weighted by Gasteiger charge is -2.26. The van der Waals surface area contributed by atoms with Crippen LogP contribution in [-0.2, 0) is 0 Å². The quantitative estimate of drug-likeness (QED) is 0.245. The molecule has 32 heavy (non-hydrogen) atoms. The molecule has 0 unspecified atom stereocenters. The molecule has 0 spiro atoms. The van der Waals surface area contributed by atoms with Gasteiger partial charge in [-0.3, -0.25) is 5.01 Å². The minimum Gasteiger partial charge on any atom is -0.394 e. The fourth-order valence-electron chi connectivity index (χ4n) is 3.34. The summed E-state index contributed by atoms with van der Waals surface area (Å²) < 4.78 is 0. The van der Waals surface area contributed by atoms with Gasteiger partial charge in [-0.25, -0.2) is 20.2 Å². The summed E-state index contributed by atoms with van der Waals surface area (Å²) in [5, 5.41) is 28.2. The largest absolute Gasteiger partial charge is 0.394 e. The first kappa shape index (κ1) is 24.9. The molecule has 0 aliphatic carbocycles. The molecule has 2 rings (SSSR count). The van der Waals surface area contributed by atoms with Gasteiger partial charge in [0.2, 0.25) is 0 Å². The Labute approximate surface area is 189 Å². The standard InChI is InChI=1S/C22H34N8O2/c1-7-25-18-11-16(10-14(4)26-18)27-22(32)29-30(8-9-31)19-12-17(13(2)3)20(15(5)23)21(24-6)28-19/h10-13,23,31H,7-9H2,1-6H3,(H,24,28)(H3,25,26,27,29,32). The molecule has 10 nitrogen and oxygen atoms in total. The second-order valence-corrected chi connectivity index (χ2v) is 7.68. The van der Waals surface area contributed by atoms with E-state index < -0.39 is 6.03 Å². The van der Waals surface area contributed by atoms with E-state index in [0.717, 1.165) is 23.4 Å². The van der Waals surface area contributed by atoms with Gasteiger partial charge in [0, 0.05) is 42.3 Å². The lowest BCUT2D eigenvalue weighted by Crippen LogP contribution is -2.46. The van der Waals surface area contributed by atoms with Gasteiger partial charge in [0.05, 0.1) is 13.2 Å². The molecule has 0 fully saturated rings. The number of rotatable bonds is 10. The van der Waals surface area contributed by atoms with Crippen LogP contribution in [-0.4, -0.2) is 53.6 Å². The predicted octanol–water partition coefficient (Wildman–Crippen LogP) is 3.31. The number of aromatic nitrogens is 2. The summed E-state index contributed by atoms with van der Waals surface area (Å²) in [5.74, 6) is 1.82. The van der Waals surface area contributed by atoms with E-state index >= 15 is 0 Å². The molecule has 0 bridgehead atoms. The predicted molar refractivity (Wildman–Crippen MR) is 130 cm³/mol. The van der Waals surface area contributed by atoms with Crippen LogP contribution < -0.4 is 26.4 Å². The molecule has 2 aromatic rings. The molecule has 2 aromatic heterocycles. The highest BCUT2D eigenvalue weighted by atomic mass is 16.3. The second-order valence-electron chi connectivity index (χ2n) is 7.68. The lowest BCUT2D eigenvalue weighted by molar-refractivity contribution is 0.248. The van der Waals surface area contributed by atoms with E-state index in [2.05, 4.69) is 31.3 Å². The number of amides is 2. The summed E-state index contributed by atoms with van der Waals surface area (Å²) in [5.41, 5.74) is 6.19. The summed E-state index contributed by atoms with van der Waals surface area (Å²) in [6, 6.07) is 4.89. The Kier molecular flexibility index (Phi) is 8.77. The number of hydrogen-bond acceptors (Lipinski definition) is 8. The van der Waals surface area contributed by atoms with Crippen LogP contribution in [0.4, 0.5) is 27.9 Å². The molecule has 0 aromatic carbocycles. The number of pyridine rings is 2. The minimum absolute atomic E-state index is 0.133. The van der Waals surface area contributed by atoms with Crippen molar-refractivity contribution in [2.75, 3.05) is 47.7 Å². The SMILES string of the molecule is CCNc1cc(NC(=O)NN(CCO)c2cc(C(C)C)c(C(C)=N)c(NC)n2)cc(C)n1. The first-order valence-corrected chi connectivity index (χ1v) is 10.7. The maximum Gasteiger partial charge on any atom is 0.338 e. The van der Waals surface area contributed by atoms with Crippen molar-refractivity contribution in [3.63, 3.8) is 0 Å². The van der Waals surface area contributed by atoms with Gasteiger partial charge in [-0.1, -0.05) is 13.8 Å². The number of nitrogens with one attached hydrogen (secondary N) is 5. The molecule has 0 aliphatic heterocycles. The number of aliphatic hydroxyl groups excluding tert-OH is 1. The fraction of sp³-hybridized carbons (Fsp3) is 0.455. The topological polar surface area (TPSA) is 138 Å². The van der Waals surface area contributed by atoms with Gasteiger partial charge < -0.3 is 26.5 Å². The third-order valence-electron chi connectivity index (χ3n) is 4.68. The summed E-state index contributed by atoms with van der Waals surface area (Å²) in [6.07, 6.45) is 0. The number of carbonyl (C=O) groups is 1. The van der Waals surface area contributed by atoms with Gasteiger partial charge in [-0.05, 0) is 44.4 Å². The fourth-order valence-corrected chi connectivity index (χ4v) is 3.34. The zero-order valence-corrected chi connectivity index (χ0v) is 19.6. The number of hydrazine groups is 1. The molecule has 2 amide bonds. The molecule has 0 radical (unpaired) electrons. The molecule has 174 valence electrons. The van der Waals surface area contributed by atoms with Crippen LogP contribution in [0.1, 0.15) is 50.4 Å². The van der Waals surface area contributed by atoms with E-state index in [1.54, 1.807) is 26.1 Å². The van der Waals surface area contributed by atoms with Crippen molar-refractivity contribution in [3.05, 3.63) is 35.0 Å². The van der Waals surface area contributed by atoms with Crippen molar-refractivity contribution < 1.29 is 9.90 Å². The third kappa shape index (κ3) is 6.30. The summed E-state index contributed by atoms with van der Waals surface area (Å²) in [4.78, 5) is 21.7. The zero-order valence-electron chi connectivity index (χ0n) is 19.6. The van der Waals surface area contributed by atoms with Crippen LogP contribution >= 0.6 is 0 Å². The van der Waals surface area contributed by atoms with E-state index in [1.807, 2.05) is 33.8 Å². The van der Waals surface area contributed by atoms with Crippen LogP contribution in [0.25, 0.3) is 0 Å². The molecule has 10 heteroatoms. The number of aryl methyl sites for hydroxylation is 1.